The molecule has 0 spiro atoms. The van der Waals surface area contributed by atoms with Gasteiger partial charge in [0.05, 0.1) is 0 Å². The highest BCUT2D eigenvalue weighted by atomic mass is 79.9. The lowest BCUT2D eigenvalue weighted by Crippen LogP contribution is -2.40. The first-order chi connectivity index (χ1) is 12.8. The standard InChI is InChI=1S/C20H25BrN4O/c21-17-5-3-4-16(12-17)20(6-10-26-11-7-20)14-22-18-13-19(24-15-23-18)25-8-1-2-9-25/h3-5,12-13,15H,1-2,6-11,14H2,(H,22,23,24). The van der Waals surface area contributed by atoms with Crippen LogP contribution in [0.2, 0.25) is 0 Å². The Hall–Kier alpha value is -1.66. The third-order valence-electron chi connectivity index (χ3n) is 5.58. The lowest BCUT2D eigenvalue weighted by molar-refractivity contribution is 0.0543. The van der Waals surface area contributed by atoms with Crippen molar-refractivity contribution >= 4 is 27.6 Å². The topological polar surface area (TPSA) is 50.3 Å². The van der Waals surface area contributed by atoms with Crippen LogP contribution in [0.3, 0.4) is 0 Å². The van der Waals surface area contributed by atoms with E-state index in [1.54, 1.807) is 6.33 Å². The van der Waals surface area contributed by atoms with Crippen LogP contribution in [0.4, 0.5) is 11.6 Å². The van der Waals surface area contributed by atoms with Gasteiger partial charge in [-0.25, -0.2) is 9.97 Å². The fourth-order valence-corrected chi connectivity index (χ4v) is 4.37. The number of anilines is 2. The van der Waals surface area contributed by atoms with E-state index in [4.69, 9.17) is 4.74 Å². The third-order valence-corrected chi connectivity index (χ3v) is 6.07. The van der Waals surface area contributed by atoms with Crippen molar-refractivity contribution in [3.8, 4) is 0 Å². The van der Waals surface area contributed by atoms with Gasteiger partial charge in [-0.1, -0.05) is 28.1 Å². The molecule has 2 aromatic rings. The van der Waals surface area contributed by atoms with E-state index in [1.165, 1.54) is 18.4 Å². The summed E-state index contributed by atoms with van der Waals surface area (Å²) in [5.74, 6) is 1.94. The molecule has 0 atom stereocenters. The van der Waals surface area contributed by atoms with Crippen molar-refractivity contribution in [3.05, 3.63) is 46.7 Å². The molecule has 0 amide bonds. The molecule has 0 aliphatic carbocycles. The minimum absolute atomic E-state index is 0.0702. The summed E-state index contributed by atoms with van der Waals surface area (Å²) in [5.41, 5.74) is 1.43. The van der Waals surface area contributed by atoms with Gasteiger partial charge in [0.15, 0.2) is 0 Å². The first-order valence-electron chi connectivity index (χ1n) is 9.40. The van der Waals surface area contributed by atoms with Gasteiger partial charge >= 0.3 is 0 Å². The van der Waals surface area contributed by atoms with Crippen LogP contribution >= 0.6 is 15.9 Å². The van der Waals surface area contributed by atoms with E-state index < -0.39 is 0 Å². The van der Waals surface area contributed by atoms with Crippen LogP contribution in [0.5, 0.6) is 0 Å². The number of ether oxygens (including phenoxy) is 1. The van der Waals surface area contributed by atoms with Gasteiger partial charge in [0.25, 0.3) is 0 Å². The Labute approximate surface area is 163 Å². The minimum atomic E-state index is 0.0702. The molecule has 1 aromatic carbocycles. The molecule has 0 unspecified atom stereocenters. The highest BCUT2D eigenvalue weighted by Crippen LogP contribution is 2.36. The summed E-state index contributed by atoms with van der Waals surface area (Å²) in [5, 5.41) is 3.59. The number of benzene rings is 1. The zero-order valence-electron chi connectivity index (χ0n) is 15.0. The van der Waals surface area contributed by atoms with Crippen molar-refractivity contribution in [2.75, 3.05) is 43.1 Å². The number of nitrogens with zero attached hydrogens (tertiary/aromatic N) is 3. The van der Waals surface area contributed by atoms with Gasteiger partial charge in [-0.05, 0) is 43.4 Å². The maximum absolute atomic E-state index is 5.64. The molecule has 6 heteroatoms. The summed E-state index contributed by atoms with van der Waals surface area (Å²) >= 11 is 3.62. The molecular formula is C20H25BrN4O. The molecule has 2 fully saturated rings. The summed E-state index contributed by atoms with van der Waals surface area (Å²) in [6.07, 6.45) is 6.20. The maximum atomic E-state index is 5.64. The minimum Gasteiger partial charge on any atom is -0.381 e. The maximum Gasteiger partial charge on any atom is 0.134 e. The Morgan fingerprint density at radius 2 is 1.92 bits per heavy atom. The second-order valence-corrected chi connectivity index (χ2v) is 8.13. The summed E-state index contributed by atoms with van der Waals surface area (Å²) in [6, 6.07) is 10.7. The van der Waals surface area contributed by atoms with Gasteiger partial charge in [-0.15, -0.1) is 0 Å². The molecule has 0 bridgehead atoms. The van der Waals surface area contributed by atoms with E-state index in [9.17, 15) is 0 Å². The highest BCUT2D eigenvalue weighted by molar-refractivity contribution is 9.10. The van der Waals surface area contributed by atoms with E-state index in [1.807, 2.05) is 0 Å². The molecule has 0 radical (unpaired) electrons. The van der Waals surface area contributed by atoms with Gasteiger partial charge in [-0.2, -0.15) is 0 Å². The highest BCUT2D eigenvalue weighted by Gasteiger charge is 2.34. The Morgan fingerprint density at radius 3 is 2.69 bits per heavy atom. The average Bonchev–Trinajstić information content (AvgIpc) is 3.22. The van der Waals surface area contributed by atoms with Gasteiger partial charge < -0.3 is 15.0 Å². The second-order valence-electron chi connectivity index (χ2n) is 7.21. The number of nitrogens with one attached hydrogen (secondary N) is 1. The molecule has 3 heterocycles. The molecule has 138 valence electrons. The fourth-order valence-electron chi connectivity index (χ4n) is 3.97. The molecular weight excluding hydrogens is 392 g/mol. The normalized spacial score (nSPS) is 19.5. The van der Waals surface area contributed by atoms with Crippen LogP contribution in [0, 0.1) is 0 Å². The molecule has 2 aliphatic heterocycles. The molecule has 1 aromatic heterocycles. The quantitative estimate of drug-likeness (QED) is 0.797. The van der Waals surface area contributed by atoms with Gasteiger partial charge in [0, 0.05) is 48.8 Å². The molecule has 26 heavy (non-hydrogen) atoms. The Bertz CT molecular complexity index is 742. The SMILES string of the molecule is Brc1cccc(C2(CNc3cc(N4CCCC4)ncn3)CCOCC2)c1. The molecule has 1 N–H and O–H groups in total. The van der Waals surface area contributed by atoms with Crippen molar-refractivity contribution in [2.45, 2.75) is 31.1 Å². The van der Waals surface area contributed by atoms with E-state index in [0.29, 0.717) is 0 Å². The number of hydrogen-bond acceptors (Lipinski definition) is 5. The van der Waals surface area contributed by atoms with E-state index in [2.05, 4.69) is 66.4 Å². The third kappa shape index (κ3) is 3.86. The van der Waals surface area contributed by atoms with Crippen molar-refractivity contribution < 1.29 is 4.74 Å². The zero-order chi connectivity index (χ0) is 17.8. The van der Waals surface area contributed by atoms with Crippen LogP contribution in [0.15, 0.2) is 41.1 Å². The lowest BCUT2D eigenvalue weighted by atomic mass is 9.74. The van der Waals surface area contributed by atoms with Gasteiger partial charge in [0.1, 0.15) is 18.0 Å². The van der Waals surface area contributed by atoms with Crippen molar-refractivity contribution in [3.63, 3.8) is 0 Å². The predicted molar refractivity (Wildman–Crippen MR) is 108 cm³/mol. The first kappa shape index (κ1) is 17.7. The van der Waals surface area contributed by atoms with E-state index >= 15 is 0 Å². The molecule has 4 rings (SSSR count). The average molecular weight is 417 g/mol. The van der Waals surface area contributed by atoms with E-state index in [-0.39, 0.29) is 5.41 Å². The van der Waals surface area contributed by atoms with Crippen LogP contribution in [-0.2, 0) is 10.2 Å². The largest absolute Gasteiger partial charge is 0.381 e. The zero-order valence-corrected chi connectivity index (χ0v) is 16.5. The van der Waals surface area contributed by atoms with Crippen molar-refractivity contribution in [1.82, 2.24) is 9.97 Å². The molecule has 5 nitrogen and oxygen atoms in total. The summed E-state index contributed by atoms with van der Waals surface area (Å²) in [7, 11) is 0. The first-order valence-corrected chi connectivity index (χ1v) is 10.2. The van der Waals surface area contributed by atoms with Crippen LogP contribution in [-0.4, -0.2) is 42.8 Å². The summed E-state index contributed by atoms with van der Waals surface area (Å²) in [6.45, 7) is 4.64. The predicted octanol–water partition coefficient (Wildman–Crippen LogP) is 4.00. The Balaban J connectivity index is 1.53. The molecule has 2 aliphatic rings. The lowest BCUT2D eigenvalue weighted by Gasteiger charge is -2.38. The fraction of sp³-hybridized carbons (Fsp3) is 0.500. The van der Waals surface area contributed by atoms with Crippen molar-refractivity contribution in [2.24, 2.45) is 0 Å². The Morgan fingerprint density at radius 1 is 1.12 bits per heavy atom. The summed E-state index contributed by atoms with van der Waals surface area (Å²) < 4.78 is 6.77. The van der Waals surface area contributed by atoms with Gasteiger partial charge in [0.2, 0.25) is 0 Å². The van der Waals surface area contributed by atoms with Crippen LogP contribution < -0.4 is 10.2 Å². The number of hydrogen-bond donors (Lipinski definition) is 1. The van der Waals surface area contributed by atoms with E-state index in [0.717, 1.165) is 61.8 Å². The number of rotatable bonds is 5. The number of halogens is 1. The molecule has 0 saturated carbocycles. The molecule has 2 saturated heterocycles. The second kappa shape index (κ2) is 7.92. The number of aromatic nitrogens is 2. The Kier molecular flexibility index (Phi) is 5.41. The van der Waals surface area contributed by atoms with Crippen molar-refractivity contribution in [1.29, 1.82) is 0 Å². The van der Waals surface area contributed by atoms with Crippen LogP contribution in [0.1, 0.15) is 31.2 Å². The smallest absolute Gasteiger partial charge is 0.134 e. The van der Waals surface area contributed by atoms with Crippen LogP contribution in [0.25, 0.3) is 0 Å². The monoisotopic (exact) mass is 416 g/mol. The summed E-state index contributed by atoms with van der Waals surface area (Å²) in [4.78, 5) is 11.2. The van der Waals surface area contributed by atoms with Gasteiger partial charge in [-0.3, -0.25) is 0 Å².